The van der Waals surface area contributed by atoms with Gasteiger partial charge in [0, 0.05) is 43.7 Å². The summed E-state index contributed by atoms with van der Waals surface area (Å²) in [6.45, 7) is 2.38. The number of carbonyl (C=O) groups is 1. The van der Waals surface area contributed by atoms with Crippen molar-refractivity contribution in [1.29, 1.82) is 0 Å². The lowest BCUT2D eigenvalue weighted by molar-refractivity contribution is 0.0921. The first kappa shape index (κ1) is 16.0. The molecule has 0 saturated heterocycles. The van der Waals surface area contributed by atoms with Crippen LogP contribution in [0.3, 0.4) is 0 Å². The topological polar surface area (TPSA) is 77.4 Å². The summed E-state index contributed by atoms with van der Waals surface area (Å²) in [5.74, 6) is -0.349. The van der Waals surface area contributed by atoms with Crippen molar-refractivity contribution in [2.45, 2.75) is 24.3 Å². The second-order valence-electron chi connectivity index (χ2n) is 4.27. The van der Waals surface area contributed by atoms with E-state index in [0.29, 0.717) is 13.0 Å². The third-order valence-corrected chi connectivity index (χ3v) is 3.95. The number of ether oxygens (including phenoxy) is 1. The molecular formula is C11H17ClN2O4S. The first-order valence-electron chi connectivity index (χ1n) is 5.66. The molecule has 19 heavy (non-hydrogen) atoms. The Morgan fingerprint density at radius 1 is 1.58 bits per heavy atom. The minimum absolute atomic E-state index is 0.0709. The van der Waals surface area contributed by atoms with Gasteiger partial charge in [0.1, 0.15) is 10.6 Å². The molecule has 0 saturated carbocycles. The summed E-state index contributed by atoms with van der Waals surface area (Å²) in [5.41, 5.74) is 0.239. The van der Waals surface area contributed by atoms with E-state index in [-0.39, 0.29) is 22.5 Å². The summed E-state index contributed by atoms with van der Waals surface area (Å²) < 4.78 is 28.7. The van der Waals surface area contributed by atoms with Gasteiger partial charge in [0.15, 0.2) is 0 Å². The molecule has 0 aliphatic carbocycles. The van der Waals surface area contributed by atoms with E-state index in [4.69, 9.17) is 15.4 Å². The molecule has 8 heteroatoms. The summed E-state index contributed by atoms with van der Waals surface area (Å²) in [6.07, 6.45) is 1.98. The van der Waals surface area contributed by atoms with Crippen LogP contribution in [0.5, 0.6) is 0 Å². The second kappa shape index (κ2) is 6.40. The molecule has 108 valence electrons. The van der Waals surface area contributed by atoms with Crippen LogP contribution in [0.4, 0.5) is 0 Å². The number of nitrogens with one attached hydrogen (secondary N) is 1. The minimum atomic E-state index is -3.83. The van der Waals surface area contributed by atoms with Crippen LogP contribution in [0, 0.1) is 0 Å². The van der Waals surface area contributed by atoms with E-state index in [9.17, 15) is 13.2 Å². The fraction of sp³-hybridized carbons (Fsp3) is 0.545. The third kappa shape index (κ3) is 4.52. The Morgan fingerprint density at radius 3 is 2.68 bits per heavy atom. The third-order valence-electron chi connectivity index (χ3n) is 2.63. The van der Waals surface area contributed by atoms with E-state index in [1.54, 1.807) is 14.2 Å². The quantitative estimate of drug-likeness (QED) is 0.799. The summed E-state index contributed by atoms with van der Waals surface area (Å²) >= 11 is 0. The van der Waals surface area contributed by atoms with E-state index in [2.05, 4.69) is 5.32 Å². The van der Waals surface area contributed by atoms with E-state index >= 15 is 0 Å². The number of amides is 1. The van der Waals surface area contributed by atoms with Gasteiger partial charge in [-0.25, -0.2) is 8.42 Å². The van der Waals surface area contributed by atoms with Crippen molar-refractivity contribution in [2.75, 3.05) is 13.7 Å². The highest BCUT2D eigenvalue weighted by molar-refractivity contribution is 8.13. The van der Waals surface area contributed by atoms with Crippen molar-refractivity contribution in [2.24, 2.45) is 7.05 Å². The molecule has 0 fully saturated rings. The minimum Gasteiger partial charge on any atom is -0.385 e. The smallest absolute Gasteiger partial charge is 0.268 e. The zero-order chi connectivity index (χ0) is 14.6. The van der Waals surface area contributed by atoms with E-state index < -0.39 is 9.05 Å². The summed E-state index contributed by atoms with van der Waals surface area (Å²) in [7, 11) is 4.57. The maximum absolute atomic E-state index is 12.0. The first-order valence-corrected chi connectivity index (χ1v) is 7.97. The fourth-order valence-corrected chi connectivity index (χ4v) is 2.35. The van der Waals surface area contributed by atoms with Crippen molar-refractivity contribution in [3.63, 3.8) is 0 Å². The summed E-state index contributed by atoms with van der Waals surface area (Å²) in [5, 5.41) is 2.76. The summed E-state index contributed by atoms with van der Waals surface area (Å²) in [6, 6.07) is 1.18. The van der Waals surface area contributed by atoms with Crippen LogP contribution >= 0.6 is 10.7 Å². The second-order valence-corrected chi connectivity index (χ2v) is 6.83. The monoisotopic (exact) mass is 308 g/mol. The maximum Gasteiger partial charge on any atom is 0.268 e. The zero-order valence-electron chi connectivity index (χ0n) is 11.0. The molecule has 0 aliphatic heterocycles. The normalized spacial score (nSPS) is 13.3. The molecule has 0 radical (unpaired) electrons. The lowest BCUT2D eigenvalue weighted by Crippen LogP contribution is -2.34. The Hall–Kier alpha value is -1.05. The Bertz CT molecular complexity index is 553. The van der Waals surface area contributed by atoms with Gasteiger partial charge in [-0.2, -0.15) is 0 Å². The van der Waals surface area contributed by atoms with Crippen molar-refractivity contribution < 1.29 is 17.9 Å². The van der Waals surface area contributed by atoms with Crippen molar-refractivity contribution in [1.82, 2.24) is 9.88 Å². The van der Waals surface area contributed by atoms with Gasteiger partial charge in [-0.1, -0.05) is 0 Å². The highest BCUT2D eigenvalue weighted by atomic mass is 35.7. The SMILES string of the molecule is COCCC(C)NC(=O)c1cc(S(=O)(=O)Cl)cn1C. The highest BCUT2D eigenvalue weighted by Gasteiger charge is 2.19. The van der Waals surface area contributed by atoms with Crippen LogP contribution in [-0.2, 0) is 20.8 Å². The molecule has 0 aliphatic rings. The molecule has 6 nitrogen and oxygen atoms in total. The Balaban J connectivity index is 2.81. The predicted molar refractivity (Wildman–Crippen MR) is 71.9 cm³/mol. The number of rotatable bonds is 6. The van der Waals surface area contributed by atoms with Crippen molar-refractivity contribution in [3.05, 3.63) is 18.0 Å². The Kier molecular flexibility index (Phi) is 5.39. The molecule has 0 aromatic carbocycles. The van der Waals surface area contributed by atoms with Gasteiger partial charge in [0.05, 0.1) is 0 Å². The van der Waals surface area contributed by atoms with Gasteiger partial charge in [0.25, 0.3) is 15.0 Å². The highest BCUT2D eigenvalue weighted by Crippen LogP contribution is 2.17. The number of aryl methyl sites for hydroxylation is 1. The largest absolute Gasteiger partial charge is 0.385 e. The standard InChI is InChI=1S/C11H17ClN2O4S/c1-8(4-5-18-3)13-11(15)10-6-9(7-14(10)2)19(12,16)17/h6-8H,4-5H2,1-3H3,(H,13,15). The molecule has 1 amide bonds. The molecule has 1 aromatic rings. The van der Waals surface area contributed by atoms with Gasteiger partial charge in [-0.05, 0) is 19.4 Å². The fourth-order valence-electron chi connectivity index (χ4n) is 1.56. The Labute approximate surface area is 117 Å². The lowest BCUT2D eigenvalue weighted by Gasteiger charge is -2.13. The molecule has 1 N–H and O–H groups in total. The van der Waals surface area contributed by atoms with E-state index in [0.717, 1.165) is 0 Å². The number of carbonyl (C=O) groups excluding carboxylic acids is 1. The number of nitrogens with zero attached hydrogens (tertiary/aromatic N) is 1. The van der Waals surface area contributed by atoms with Crippen LogP contribution in [-0.4, -0.2) is 38.7 Å². The number of aromatic nitrogens is 1. The predicted octanol–water partition coefficient (Wildman–Crippen LogP) is 1.11. The lowest BCUT2D eigenvalue weighted by atomic mass is 10.2. The maximum atomic E-state index is 12.0. The average Bonchev–Trinajstić information content (AvgIpc) is 2.68. The average molecular weight is 309 g/mol. The number of halogens is 1. The molecule has 0 bridgehead atoms. The van der Waals surface area contributed by atoms with Gasteiger partial charge in [0.2, 0.25) is 0 Å². The summed E-state index contributed by atoms with van der Waals surface area (Å²) in [4.78, 5) is 11.9. The van der Waals surface area contributed by atoms with Gasteiger partial charge < -0.3 is 14.6 Å². The molecule has 0 spiro atoms. The molecular weight excluding hydrogens is 292 g/mol. The zero-order valence-corrected chi connectivity index (χ0v) is 12.6. The molecule has 1 unspecified atom stereocenters. The van der Waals surface area contributed by atoms with Crippen LogP contribution < -0.4 is 5.32 Å². The van der Waals surface area contributed by atoms with E-state index in [1.807, 2.05) is 6.92 Å². The van der Waals surface area contributed by atoms with Crippen LogP contribution in [0.2, 0.25) is 0 Å². The molecule has 1 atom stereocenters. The van der Waals surface area contributed by atoms with Crippen LogP contribution in [0.1, 0.15) is 23.8 Å². The molecule has 1 rings (SSSR count). The van der Waals surface area contributed by atoms with E-state index in [1.165, 1.54) is 16.8 Å². The van der Waals surface area contributed by atoms with Crippen LogP contribution in [0.15, 0.2) is 17.2 Å². The van der Waals surface area contributed by atoms with Crippen LogP contribution in [0.25, 0.3) is 0 Å². The van der Waals surface area contributed by atoms with Gasteiger partial charge in [-0.3, -0.25) is 4.79 Å². The number of hydrogen-bond acceptors (Lipinski definition) is 4. The molecule has 1 heterocycles. The number of hydrogen-bond donors (Lipinski definition) is 1. The number of methoxy groups -OCH3 is 1. The van der Waals surface area contributed by atoms with Gasteiger partial charge >= 0.3 is 0 Å². The van der Waals surface area contributed by atoms with Crippen molar-refractivity contribution in [3.8, 4) is 0 Å². The Morgan fingerprint density at radius 2 is 2.21 bits per heavy atom. The van der Waals surface area contributed by atoms with Crippen molar-refractivity contribution >= 4 is 25.6 Å². The molecule has 1 aromatic heterocycles. The first-order chi connectivity index (χ1) is 8.75. The van der Waals surface area contributed by atoms with Gasteiger partial charge in [-0.15, -0.1) is 0 Å².